The minimum atomic E-state index is 0.437. The van der Waals surface area contributed by atoms with Crippen molar-refractivity contribution in [3.05, 3.63) is 24.2 Å². The van der Waals surface area contributed by atoms with Crippen molar-refractivity contribution in [1.82, 2.24) is 19.5 Å². The quantitative estimate of drug-likeness (QED) is 0.939. The first-order valence-electron chi connectivity index (χ1n) is 7.90. The van der Waals surface area contributed by atoms with Crippen molar-refractivity contribution < 1.29 is 0 Å². The van der Waals surface area contributed by atoms with E-state index >= 15 is 0 Å². The van der Waals surface area contributed by atoms with Crippen LogP contribution in [0.15, 0.2) is 18.5 Å². The molecule has 0 amide bonds. The Morgan fingerprint density at radius 3 is 2.81 bits per heavy atom. The van der Waals surface area contributed by atoms with Gasteiger partial charge in [-0.05, 0) is 50.9 Å². The number of hydrogen-bond donors (Lipinski definition) is 1. The second kappa shape index (κ2) is 6.02. The van der Waals surface area contributed by atoms with Crippen molar-refractivity contribution >= 4 is 11.3 Å². The Bertz CT molecular complexity index is 596. The molecule has 0 radical (unpaired) electrons. The first kappa shape index (κ1) is 14.3. The van der Waals surface area contributed by atoms with Gasteiger partial charge in [-0.2, -0.15) is 5.10 Å². The Balaban J connectivity index is 1.71. The molecule has 3 heterocycles. The zero-order valence-corrected chi connectivity index (χ0v) is 13.2. The molecule has 0 aliphatic carbocycles. The molecule has 21 heavy (non-hydrogen) atoms. The summed E-state index contributed by atoms with van der Waals surface area (Å²) >= 11 is 0. The number of likely N-dealkylation sites (tertiary alicyclic amines) is 1. The van der Waals surface area contributed by atoms with Gasteiger partial charge in [-0.25, -0.2) is 9.50 Å². The van der Waals surface area contributed by atoms with E-state index in [0.717, 1.165) is 29.5 Å². The standard InChI is InChI=1S/C16H25N5/c1-12(2)14-10-15-16(17-6-9-21(15)19-14)18-11-13-4-7-20(3)8-5-13/h6,9-10,12-13H,4-5,7-8,11H2,1-3H3,(H,17,18). The van der Waals surface area contributed by atoms with Crippen molar-refractivity contribution in [2.75, 3.05) is 32.0 Å². The summed E-state index contributed by atoms with van der Waals surface area (Å²) in [4.78, 5) is 6.90. The van der Waals surface area contributed by atoms with E-state index < -0.39 is 0 Å². The van der Waals surface area contributed by atoms with Gasteiger partial charge in [0.1, 0.15) is 5.52 Å². The van der Waals surface area contributed by atoms with Crippen molar-refractivity contribution in [2.24, 2.45) is 5.92 Å². The predicted octanol–water partition coefficient (Wildman–Crippen LogP) is 2.61. The Labute approximate surface area is 126 Å². The van der Waals surface area contributed by atoms with E-state index in [1.54, 1.807) is 0 Å². The molecule has 1 aliphatic rings. The largest absolute Gasteiger partial charge is 0.368 e. The van der Waals surface area contributed by atoms with Gasteiger partial charge < -0.3 is 10.2 Å². The van der Waals surface area contributed by atoms with Crippen molar-refractivity contribution in [1.29, 1.82) is 0 Å². The average Bonchev–Trinajstić information content (AvgIpc) is 2.91. The first-order chi connectivity index (χ1) is 10.1. The maximum absolute atomic E-state index is 4.61. The Morgan fingerprint density at radius 1 is 1.33 bits per heavy atom. The molecular weight excluding hydrogens is 262 g/mol. The first-order valence-corrected chi connectivity index (χ1v) is 7.90. The van der Waals surface area contributed by atoms with Crippen molar-refractivity contribution in [2.45, 2.75) is 32.6 Å². The van der Waals surface area contributed by atoms with Gasteiger partial charge in [0, 0.05) is 18.9 Å². The number of anilines is 1. The molecule has 5 heteroatoms. The van der Waals surface area contributed by atoms with Crippen LogP contribution in [0.25, 0.3) is 5.52 Å². The van der Waals surface area contributed by atoms with Gasteiger partial charge in [0.05, 0.1) is 5.69 Å². The van der Waals surface area contributed by atoms with Crippen molar-refractivity contribution in [3.63, 3.8) is 0 Å². The minimum Gasteiger partial charge on any atom is -0.368 e. The fraction of sp³-hybridized carbons (Fsp3) is 0.625. The van der Waals surface area contributed by atoms with Gasteiger partial charge in [0.25, 0.3) is 0 Å². The fourth-order valence-corrected chi connectivity index (χ4v) is 2.87. The molecule has 0 saturated carbocycles. The number of nitrogens with one attached hydrogen (secondary N) is 1. The molecule has 1 saturated heterocycles. The highest BCUT2D eigenvalue weighted by Crippen LogP contribution is 2.21. The van der Waals surface area contributed by atoms with E-state index in [-0.39, 0.29) is 0 Å². The van der Waals surface area contributed by atoms with E-state index in [9.17, 15) is 0 Å². The molecular formula is C16H25N5. The summed E-state index contributed by atoms with van der Waals surface area (Å²) < 4.78 is 1.93. The van der Waals surface area contributed by atoms with E-state index in [2.05, 4.69) is 47.3 Å². The molecule has 0 spiro atoms. The van der Waals surface area contributed by atoms with Crippen LogP contribution in [0.1, 0.15) is 38.3 Å². The lowest BCUT2D eigenvalue weighted by Gasteiger charge is -2.29. The number of rotatable bonds is 4. The number of aromatic nitrogens is 3. The van der Waals surface area contributed by atoms with Crippen LogP contribution >= 0.6 is 0 Å². The van der Waals surface area contributed by atoms with Crippen molar-refractivity contribution in [3.8, 4) is 0 Å². The smallest absolute Gasteiger partial charge is 0.152 e. The SMILES string of the molecule is CC(C)c1cc2c(NCC3CCN(C)CC3)nccn2n1. The topological polar surface area (TPSA) is 45.5 Å². The Morgan fingerprint density at radius 2 is 2.10 bits per heavy atom. The molecule has 0 bridgehead atoms. The zero-order valence-electron chi connectivity index (χ0n) is 13.2. The summed E-state index contributed by atoms with van der Waals surface area (Å²) in [6.07, 6.45) is 6.27. The van der Waals surface area contributed by atoms with Crippen LogP contribution in [0, 0.1) is 5.92 Å². The molecule has 2 aromatic heterocycles. The number of hydrogen-bond acceptors (Lipinski definition) is 4. The van der Waals surface area contributed by atoms with Crippen LogP contribution in [0.5, 0.6) is 0 Å². The molecule has 114 valence electrons. The van der Waals surface area contributed by atoms with Gasteiger partial charge in [0.15, 0.2) is 5.82 Å². The van der Waals surface area contributed by atoms with Crippen LogP contribution < -0.4 is 5.32 Å². The number of piperidine rings is 1. The predicted molar refractivity (Wildman–Crippen MR) is 85.8 cm³/mol. The molecule has 0 aromatic carbocycles. The third-order valence-electron chi connectivity index (χ3n) is 4.40. The highest BCUT2D eigenvalue weighted by Gasteiger charge is 2.17. The monoisotopic (exact) mass is 287 g/mol. The Kier molecular flexibility index (Phi) is 4.10. The van der Waals surface area contributed by atoms with Gasteiger partial charge >= 0.3 is 0 Å². The molecule has 3 rings (SSSR count). The average molecular weight is 287 g/mol. The van der Waals surface area contributed by atoms with Crippen LogP contribution in [0.4, 0.5) is 5.82 Å². The van der Waals surface area contributed by atoms with E-state index in [0.29, 0.717) is 5.92 Å². The molecule has 0 unspecified atom stereocenters. The zero-order chi connectivity index (χ0) is 14.8. The summed E-state index contributed by atoms with van der Waals surface area (Å²) in [5.74, 6) is 2.14. The van der Waals surface area contributed by atoms with Gasteiger partial charge in [-0.3, -0.25) is 0 Å². The molecule has 0 atom stereocenters. The lowest BCUT2D eigenvalue weighted by molar-refractivity contribution is 0.226. The highest BCUT2D eigenvalue weighted by molar-refractivity contribution is 5.67. The molecule has 1 aliphatic heterocycles. The second-order valence-electron chi connectivity index (χ2n) is 6.46. The number of nitrogens with zero attached hydrogens (tertiary/aromatic N) is 4. The third-order valence-corrected chi connectivity index (χ3v) is 4.40. The summed E-state index contributed by atoms with van der Waals surface area (Å²) in [5.41, 5.74) is 2.19. The minimum absolute atomic E-state index is 0.437. The third kappa shape index (κ3) is 3.18. The molecule has 5 nitrogen and oxygen atoms in total. The van der Waals surface area contributed by atoms with Gasteiger partial charge in [0.2, 0.25) is 0 Å². The lowest BCUT2D eigenvalue weighted by Crippen LogP contribution is -2.33. The van der Waals surface area contributed by atoms with Crippen LogP contribution in [0.2, 0.25) is 0 Å². The number of fused-ring (bicyclic) bond motifs is 1. The second-order valence-corrected chi connectivity index (χ2v) is 6.46. The Hall–Kier alpha value is -1.62. The highest BCUT2D eigenvalue weighted by atomic mass is 15.2. The normalized spacial score (nSPS) is 17.7. The van der Waals surface area contributed by atoms with Gasteiger partial charge in [-0.1, -0.05) is 13.8 Å². The van der Waals surface area contributed by atoms with Crippen LogP contribution in [0.3, 0.4) is 0 Å². The van der Waals surface area contributed by atoms with E-state index in [4.69, 9.17) is 0 Å². The fourth-order valence-electron chi connectivity index (χ4n) is 2.87. The van der Waals surface area contributed by atoms with E-state index in [1.807, 2.05) is 16.9 Å². The molecule has 1 N–H and O–H groups in total. The van der Waals surface area contributed by atoms with Gasteiger partial charge in [-0.15, -0.1) is 0 Å². The van der Waals surface area contributed by atoms with E-state index in [1.165, 1.54) is 25.9 Å². The summed E-state index contributed by atoms with van der Waals surface area (Å²) in [6, 6.07) is 2.15. The summed E-state index contributed by atoms with van der Waals surface area (Å²) in [6.45, 7) is 7.74. The maximum atomic E-state index is 4.61. The summed E-state index contributed by atoms with van der Waals surface area (Å²) in [7, 11) is 2.20. The summed E-state index contributed by atoms with van der Waals surface area (Å²) in [5, 5.41) is 8.14. The molecule has 1 fully saturated rings. The van der Waals surface area contributed by atoms with Crippen LogP contribution in [-0.4, -0.2) is 46.2 Å². The van der Waals surface area contributed by atoms with Crippen LogP contribution in [-0.2, 0) is 0 Å². The molecule has 2 aromatic rings. The lowest BCUT2D eigenvalue weighted by atomic mass is 9.97. The maximum Gasteiger partial charge on any atom is 0.152 e.